The van der Waals surface area contributed by atoms with E-state index >= 15 is 0 Å². The Labute approximate surface area is 111 Å². The Morgan fingerprint density at radius 2 is 1.44 bits per heavy atom. The van der Waals surface area contributed by atoms with Crippen LogP contribution in [0.1, 0.15) is 32.3 Å². The molecule has 0 aromatic heterocycles. The molecule has 1 aliphatic heterocycles. The number of benzene rings is 1. The van der Waals surface area contributed by atoms with Gasteiger partial charge in [-0.25, -0.2) is 0 Å². The third kappa shape index (κ3) is 3.06. The lowest BCUT2D eigenvalue weighted by atomic mass is 10.1. The molecule has 1 aromatic rings. The van der Waals surface area contributed by atoms with E-state index < -0.39 is 0 Å². The van der Waals surface area contributed by atoms with E-state index in [2.05, 4.69) is 66.4 Å². The van der Waals surface area contributed by atoms with Gasteiger partial charge in [0.1, 0.15) is 6.17 Å². The predicted octanol–water partition coefficient (Wildman–Crippen LogP) is 3.46. The summed E-state index contributed by atoms with van der Waals surface area (Å²) in [5.74, 6) is 0. The van der Waals surface area contributed by atoms with Crippen molar-refractivity contribution in [2.75, 3.05) is 13.1 Å². The molecule has 1 aliphatic rings. The van der Waals surface area contributed by atoms with Crippen molar-refractivity contribution in [1.29, 1.82) is 0 Å². The molecule has 0 saturated heterocycles. The van der Waals surface area contributed by atoms with Crippen LogP contribution < -0.4 is 0 Å². The van der Waals surface area contributed by atoms with Crippen LogP contribution in [0.25, 0.3) is 0 Å². The van der Waals surface area contributed by atoms with Gasteiger partial charge in [0.25, 0.3) is 0 Å². The minimum absolute atomic E-state index is 0.507. The van der Waals surface area contributed by atoms with Crippen LogP contribution in [0.5, 0.6) is 0 Å². The largest absolute Gasteiger partial charge is 0.356 e. The van der Waals surface area contributed by atoms with E-state index in [4.69, 9.17) is 0 Å². The number of nitrogens with zero attached hydrogens (tertiary/aromatic N) is 2. The minimum Gasteiger partial charge on any atom is -0.356 e. The quantitative estimate of drug-likeness (QED) is 0.756. The number of rotatable bonds is 6. The fraction of sp³-hybridized carbons (Fsp3) is 0.500. The lowest BCUT2D eigenvalue weighted by molar-refractivity contribution is 0.152. The van der Waals surface area contributed by atoms with Crippen molar-refractivity contribution in [2.24, 2.45) is 0 Å². The molecule has 2 nitrogen and oxygen atoms in total. The van der Waals surface area contributed by atoms with E-state index in [1.165, 1.54) is 18.4 Å². The normalized spacial score (nSPS) is 15.7. The maximum atomic E-state index is 2.47. The van der Waals surface area contributed by atoms with Gasteiger partial charge < -0.3 is 9.80 Å². The molecule has 2 rings (SSSR count). The van der Waals surface area contributed by atoms with E-state index in [-0.39, 0.29) is 0 Å². The van der Waals surface area contributed by atoms with Crippen LogP contribution >= 0.6 is 0 Å². The van der Waals surface area contributed by atoms with Crippen LogP contribution in [0, 0.1) is 0 Å². The van der Waals surface area contributed by atoms with Gasteiger partial charge in [0.2, 0.25) is 0 Å². The average molecular weight is 244 g/mol. The first-order valence-corrected chi connectivity index (χ1v) is 7.09. The Hall–Kier alpha value is -1.44. The van der Waals surface area contributed by atoms with Gasteiger partial charge in [-0.3, -0.25) is 0 Å². The van der Waals surface area contributed by atoms with Crippen molar-refractivity contribution in [3.8, 4) is 0 Å². The Morgan fingerprint density at radius 1 is 0.889 bits per heavy atom. The molecule has 0 saturated carbocycles. The summed E-state index contributed by atoms with van der Waals surface area (Å²) in [5, 5.41) is 0. The second kappa shape index (κ2) is 6.48. The maximum Gasteiger partial charge on any atom is 0.105 e. The average Bonchev–Trinajstić information content (AvgIpc) is 2.75. The van der Waals surface area contributed by atoms with E-state index in [1.54, 1.807) is 0 Å². The van der Waals surface area contributed by atoms with E-state index in [0.717, 1.165) is 19.5 Å². The summed E-state index contributed by atoms with van der Waals surface area (Å²) in [7, 11) is 0. The summed E-state index contributed by atoms with van der Waals surface area (Å²) in [5.41, 5.74) is 1.42. The highest BCUT2D eigenvalue weighted by Gasteiger charge is 2.24. The zero-order valence-corrected chi connectivity index (χ0v) is 11.5. The van der Waals surface area contributed by atoms with Crippen LogP contribution in [-0.4, -0.2) is 29.1 Å². The second-order valence-electron chi connectivity index (χ2n) is 4.94. The van der Waals surface area contributed by atoms with Crippen LogP contribution in [0.15, 0.2) is 42.7 Å². The summed E-state index contributed by atoms with van der Waals surface area (Å²) in [6, 6.07) is 10.8. The first-order valence-electron chi connectivity index (χ1n) is 7.09. The molecule has 0 amide bonds. The Kier molecular flexibility index (Phi) is 4.68. The zero-order valence-electron chi connectivity index (χ0n) is 11.5. The summed E-state index contributed by atoms with van der Waals surface area (Å²) in [6.45, 7) is 6.79. The molecule has 2 heteroatoms. The molecule has 0 aliphatic carbocycles. The maximum absolute atomic E-state index is 2.47. The number of hydrogen-bond acceptors (Lipinski definition) is 2. The Morgan fingerprint density at radius 3 is 1.94 bits per heavy atom. The van der Waals surface area contributed by atoms with Gasteiger partial charge >= 0.3 is 0 Å². The van der Waals surface area contributed by atoms with Crippen molar-refractivity contribution in [3.63, 3.8) is 0 Å². The highest BCUT2D eigenvalue weighted by molar-refractivity contribution is 5.17. The molecule has 0 spiro atoms. The fourth-order valence-corrected chi connectivity index (χ4v) is 2.58. The molecule has 18 heavy (non-hydrogen) atoms. The smallest absolute Gasteiger partial charge is 0.105 e. The van der Waals surface area contributed by atoms with Crippen molar-refractivity contribution in [3.05, 3.63) is 48.3 Å². The van der Waals surface area contributed by atoms with Crippen molar-refractivity contribution in [2.45, 2.75) is 39.3 Å². The molecule has 0 fully saturated rings. The predicted molar refractivity (Wildman–Crippen MR) is 77.1 cm³/mol. The van der Waals surface area contributed by atoms with Crippen LogP contribution in [0.4, 0.5) is 0 Å². The molecular formula is C16H24N2. The standard InChI is InChI=1S/C16H24N2/c1-3-10-17-12-13-18(11-4-2)16(17)14-15-8-6-5-7-9-15/h5-9,12-13,16H,3-4,10-11,14H2,1-2H3. The van der Waals surface area contributed by atoms with E-state index in [1.807, 2.05) is 0 Å². The van der Waals surface area contributed by atoms with Gasteiger partial charge in [-0.2, -0.15) is 0 Å². The highest BCUT2D eigenvalue weighted by Crippen LogP contribution is 2.20. The van der Waals surface area contributed by atoms with Gasteiger partial charge in [-0.05, 0) is 18.4 Å². The van der Waals surface area contributed by atoms with Crippen LogP contribution in [-0.2, 0) is 6.42 Å². The highest BCUT2D eigenvalue weighted by atomic mass is 15.4. The van der Waals surface area contributed by atoms with E-state index in [0.29, 0.717) is 6.17 Å². The van der Waals surface area contributed by atoms with Crippen molar-refractivity contribution < 1.29 is 0 Å². The molecule has 1 heterocycles. The van der Waals surface area contributed by atoms with Gasteiger partial charge in [0.05, 0.1) is 0 Å². The lowest BCUT2D eigenvalue weighted by Crippen LogP contribution is -2.40. The summed E-state index contributed by atoms with van der Waals surface area (Å²) in [4.78, 5) is 4.95. The topological polar surface area (TPSA) is 6.48 Å². The number of hydrogen-bond donors (Lipinski definition) is 0. The molecule has 1 aromatic carbocycles. The molecular weight excluding hydrogens is 220 g/mol. The van der Waals surface area contributed by atoms with Gasteiger partial charge in [0.15, 0.2) is 0 Å². The Bertz CT molecular complexity index is 356. The van der Waals surface area contributed by atoms with Crippen molar-refractivity contribution >= 4 is 0 Å². The third-order valence-corrected chi connectivity index (χ3v) is 3.44. The molecule has 0 atom stereocenters. The van der Waals surface area contributed by atoms with Crippen molar-refractivity contribution in [1.82, 2.24) is 9.80 Å². The monoisotopic (exact) mass is 244 g/mol. The molecule has 0 N–H and O–H groups in total. The molecule has 0 radical (unpaired) electrons. The third-order valence-electron chi connectivity index (χ3n) is 3.44. The van der Waals surface area contributed by atoms with Gasteiger partial charge in [-0.1, -0.05) is 44.2 Å². The SMILES string of the molecule is CCCN1C=CN(CCC)C1Cc1ccccc1. The van der Waals surface area contributed by atoms with Crippen LogP contribution in [0.2, 0.25) is 0 Å². The van der Waals surface area contributed by atoms with Gasteiger partial charge in [-0.15, -0.1) is 0 Å². The first kappa shape index (κ1) is 13.0. The molecule has 0 unspecified atom stereocenters. The first-order chi connectivity index (χ1) is 8.85. The summed E-state index contributed by atoms with van der Waals surface area (Å²) >= 11 is 0. The Balaban J connectivity index is 2.05. The molecule has 98 valence electrons. The summed E-state index contributed by atoms with van der Waals surface area (Å²) < 4.78 is 0. The van der Waals surface area contributed by atoms with Gasteiger partial charge in [0, 0.05) is 31.9 Å². The minimum atomic E-state index is 0.507. The molecule has 0 bridgehead atoms. The summed E-state index contributed by atoms with van der Waals surface area (Å²) in [6.07, 6.45) is 8.53. The lowest BCUT2D eigenvalue weighted by Gasteiger charge is -2.32. The van der Waals surface area contributed by atoms with E-state index in [9.17, 15) is 0 Å². The van der Waals surface area contributed by atoms with Crippen LogP contribution in [0.3, 0.4) is 0 Å². The second-order valence-corrected chi connectivity index (χ2v) is 4.94. The fourth-order valence-electron chi connectivity index (χ4n) is 2.58. The zero-order chi connectivity index (χ0) is 12.8.